The van der Waals surface area contributed by atoms with Gasteiger partial charge in [-0.05, 0) is 94.2 Å². The number of nitrogens with zero attached hydrogens (tertiary/aromatic N) is 17. The summed E-state index contributed by atoms with van der Waals surface area (Å²) >= 11 is 0. The molecule has 576 valence electrons. The zero-order chi connectivity index (χ0) is 78.8. The molecule has 8 aromatic rings. The summed E-state index contributed by atoms with van der Waals surface area (Å²) in [6.45, 7) is 13.7. The van der Waals surface area contributed by atoms with Gasteiger partial charge >= 0.3 is 36.4 Å². The SMILES string of the molecule is COC(=O)CN(CCNC(=O)CN(CCNC(=O)CN(CCNC(=O)OCc1ccccc1)C(=O)Cn1cnc2c(N(C(=O)OC(C)(C)C)C(=O)OC(C)(C)C)ncnc21)C(=O)Cn1cnc2c(OCc3ccccc3)nc(N)nc21)C(=O)Cn1cnc2c(N(C(=O)OC(C)(C)C)C(=O)OC(C)(C)C)ncnc21. The van der Waals surface area contributed by atoms with Gasteiger partial charge < -0.3 is 83.2 Å². The number of fused-ring (bicyclic) bond motifs is 3. The number of hydrogen-bond donors (Lipinski definition) is 4. The molecule has 0 bridgehead atoms. The van der Waals surface area contributed by atoms with E-state index in [0.717, 1.165) is 40.0 Å². The van der Waals surface area contributed by atoms with Crippen molar-refractivity contribution in [3.63, 3.8) is 0 Å². The van der Waals surface area contributed by atoms with Crippen LogP contribution in [0.2, 0.25) is 0 Å². The van der Waals surface area contributed by atoms with Crippen LogP contribution in [-0.2, 0) is 90.0 Å². The quantitative estimate of drug-likeness (QED) is 0.0376. The van der Waals surface area contributed by atoms with E-state index in [1.807, 2.05) is 30.3 Å². The molecule has 0 saturated heterocycles. The molecule has 0 unspecified atom stereocenters. The first-order chi connectivity index (χ1) is 50.9. The number of hydrogen-bond acceptors (Lipinski definition) is 28. The Morgan fingerprint density at radius 3 is 1.21 bits per heavy atom. The Balaban J connectivity index is 1.01. The number of nitrogen functional groups attached to an aromatic ring is 1. The average Bonchev–Trinajstić information content (AvgIpc) is 1.60. The number of alkyl carbamates (subject to hydrolysis) is 1. The molecular weight excluding hydrogens is 1410 g/mol. The van der Waals surface area contributed by atoms with Crippen molar-refractivity contribution >= 4 is 117 Å². The Kier molecular flexibility index (Phi) is 26.5. The molecule has 0 saturated carbocycles. The Labute approximate surface area is 619 Å². The average molecular weight is 1500 g/mol. The molecule has 108 heavy (non-hydrogen) atoms. The van der Waals surface area contributed by atoms with Crippen LogP contribution in [0.15, 0.2) is 92.3 Å². The highest BCUT2D eigenvalue weighted by molar-refractivity contribution is 6.13. The number of rotatable bonds is 28. The zero-order valence-electron chi connectivity index (χ0n) is 62.1. The number of methoxy groups -OCH3 is 1. The van der Waals surface area contributed by atoms with Crippen LogP contribution in [0, 0.1) is 0 Å². The largest absolute Gasteiger partial charge is 0.471 e. The van der Waals surface area contributed by atoms with E-state index in [1.165, 1.54) is 32.7 Å². The van der Waals surface area contributed by atoms with E-state index in [0.29, 0.717) is 15.4 Å². The number of nitrogens with one attached hydrogen (secondary N) is 3. The maximum Gasteiger partial charge on any atom is 0.425 e. The Morgan fingerprint density at radius 1 is 0.444 bits per heavy atom. The van der Waals surface area contributed by atoms with Crippen molar-refractivity contribution in [2.45, 2.75) is 138 Å². The summed E-state index contributed by atoms with van der Waals surface area (Å²) in [6, 6.07) is 18.0. The third-order valence-corrected chi connectivity index (χ3v) is 14.6. The van der Waals surface area contributed by atoms with Gasteiger partial charge in [0.2, 0.25) is 41.4 Å². The molecule has 0 spiro atoms. The lowest BCUT2D eigenvalue weighted by Gasteiger charge is -2.28. The monoisotopic (exact) mass is 1500 g/mol. The van der Waals surface area contributed by atoms with Gasteiger partial charge in [-0.1, -0.05) is 60.7 Å². The summed E-state index contributed by atoms with van der Waals surface area (Å²) in [5.74, 6) is -5.40. The van der Waals surface area contributed by atoms with Gasteiger partial charge in [0.25, 0.3) is 0 Å². The van der Waals surface area contributed by atoms with Crippen molar-refractivity contribution in [3.05, 3.63) is 103 Å². The number of nitrogens with two attached hydrogens (primary N) is 1. The Bertz CT molecular complexity index is 4520. The van der Waals surface area contributed by atoms with Crippen LogP contribution in [0.3, 0.4) is 0 Å². The zero-order valence-corrected chi connectivity index (χ0v) is 62.1. The fraction of sp³-hybridized carbons (Fsp3) is 0.449. The van der Waals surface area contributed by atoms with Crippen LogP contribution in [0.4, 0.5) is 41.6 Å². The first-order valence-electron chi connectivity index (χ1n) is 33.8. The van der Waals surface area contributed by atoms with E-state index in [1.54, 1.807) is 113 Å². The second-order valence-corrected chi connectivity index (χ2v) is 28.0. The number of aromatic nitrogens is 12. The normalized spacial score (nSPS) is 11.6. The summed E-state index contributed by atoms with van der Waals surface area (Å²) in [6.07, 6.45) is 0.355. The fourth-order valence-electron chi connectivity index (χ4n) is 9.92. The highest BCUT2D eigenvalue weighted by atomic mass is 16.6. The van der Waals surface area contributed by atoms with Crippen molar-refractivity contribution < 1.29 is 85.9 Å². The third kappa shape index (κ3) is 23.4. The molecule has 0 fully saturated rings. The van der Waals surface area contributed by atoms with Gasteiger partial charge in [-0.3, -0.25) is 28.8 Å². The predicted molar refractivity (Wildman–Crippen MR) is 383 cm³/mol. The summed E-state index contributed by atoms with van der Waals surface area (Å²) in [5, 5.41) is 7.94. The minimum Gasteiger partial charge on any atom is -0.471 e. The van der Waals surface area contributed by atoms with Gasteiger partial charge in [0.1, 0.15) is 74.5 Å². The number of ether oxygens (including phenoxy) is 7. The molecule has 0 aliphatic carbocycles. The highest BCUT2D eigenvalue weighted by Crippen LogP contribution is 2.29. The van der Waals surface area contributed by atoms with Crippen molar-refractivity contribution in [1.29, 1.82) is 0 Å². The van der Waals surface area contributed by atoms with Crippen LogP contribution in [-0.4, -0.2) is 228 Å². The molecule has 10 amide bonds. The number of carbonyl (C=O) groups excluding carboxylic acids is 11. The first kappa shape index (κ1) is 80.9. The van der Waals surface area contributed by atoms with Gasteiger partial charge in [0.05, 0.1) is 39.2 Å². The van der Waals surface area contributed by atoms with Gasteiger partial charge in [-0.15, -0.1) is 0 Å². The van der Waals surface area contributed by atoms with Gasteiger partial charge in [0, 0.05) is 39.3 Å². The molecule has 0 radical (unpaired) electrons. The topological polar surface area (TPSA) is 461 Å². The predicted octanol–water partition coefficient (Wildman–Crippen LogP) is 4.84. The second-order valence-electron chi connectivity index (χ2n) is 28.0. The molecule has 8 rings (SSSR count). The van der Waals surface area contributed by atoms with E-state index in [-0.39, 0.29) is 109 Å². The molecular formula is C69H87N21O18. The van der Waals surface area contributed by atoms with Gasteiger partial charge in [-0.2, -0.15) is 19.8 Å². The molecule has 5 N–H and O–H groups in total. The molecule has 0 atom stereocenters. The summed E-state index contributed by atoms with van der Waals surface area (Å²) in [4.78, 5) is 195. The standard InChI is InChI=1S/C69H87N21O18/c1-66(2,3)105-62(98)89(63(99)106-67(4,5)6)56-51-54(74-38-76-56)86(40-78-51)32-47(93)84(29-26-73-61(97)104-37-44-22-18-15-19-23-44)31-46(92)71-24-27-83(48(94)34-88-42-80-53-58(88)81-60(70)82-59(53)103-36-43-20-16-14-17-21-43)30-45(91)72-25-28-85(35-50(96)102-13)49(95)33-87-41-79-52-55(87)75-39-77-57(52)90(64(100)107-68(7,8)9)65(101)108-69(10,11)12/h14-23,38-42H,24-37H2,1-13H3,(H,71,92)(H,72,91)(H,73,97)(H2,70,81,82). The van der Waals surface area contributed by atoms with Crippen LogP contribution < -0.4 is 36.2 Å². The second kappa shape index (κ2) is 35.4. The maximum absolute atomic E-state index is 14.6. The van der Waals surface area contributed by atoms with Gasteiger partial charge in [-0.25, -0.2) is 58.9 Å². The number of imide groups is 2. The number of benzene rings is 2. The highest BCUT2D eigenvalue weighted by Gasteiger charge is 2.38. The van der Waals surface area contributed by atoms with E-state index in [4.69, 9.17) is 38.9 Å². The number of amides is 10. The first-order valence-corrected chi connectivity index (χ1v) is 33.8. The van der Waals surface area contributed by atoms with Crippen molar-refractivity contribution in [1.82, 2.24) is 89.2 Å². The van der Waals surface area contributed by atoms with E-state index in [2.05, 4.69) is 60.8 Å². The minimum atomic E-state index is -1.15. The lowest BCUT2D eigenvalue weighted by molar-refractivity contribution is -0.147. The number of esters is 1. The third-order valence-electron chi connectivity index (χ3n) is 14.6. The van der Waals surface area contributed by atoms with Crippen LogP contribution in [0.25, 0.3) is 33.5 Å². The van der Waals surface area contributed by atoms with Crippen LogP contribution in [0.5, 0.6) is 5.88 Å². The van der Waals surface area contributed by atoms with Crippen molar-refractivity contribution in [3.8, 4) is 5.88 Å². The van der Waals surface area contributed by atoms with Crippen LogP contribution >= 0.6 is 0 Å². The summed E-state index contributed by atoms with van der Waals surface area (Å²) in [7, 11) is 1.11. The molecule has 39 nitrogen and oxygen atoms in total. The molecule has 6 aromatic heterocycles. The Hall–Kier alpha value is -12.7. The molecule has 6 heterocycles. The number of carbonyl (C=O) groups is 11. The molecule has 39 heteroatoms. The Morgan fingerprint density at radius 2 is 0.815 bits per heavy atom. The smallest absolute Gasteiger partial charge is 0.425 e. The van der Waals surface area contributed by atoms with Crippen LogP contribution in [0.1, 0.15) is 94.2 Å². The van der Waals surface area contributed by atoms with E-state index < -0.39 is 128 Å². The molecule has 2 aromatic carbocycles. The maximum atomic E-state index is 14.6. The van der Waals surface area contributed by atoms with E-state index >= 15 is 0 Å². The molecule has 0 aliphatic rings. The summed E-state index contributed by atoms with van der Waals surface area (Å²) < 4.78 is 42.3. The fourth-order valence-corrected chi connectivity index (χ4v) is 9.92. The minimum absolute atomic E-state index is 0.0179. The van der Waals surface area contributed by atoms with Crippen molar-refractivity contribution in [2.24, 2.45) is 0 Å². The number of anilines is 3. The van der Waals surface area contributed by atoms with E-state index in [9.17, 15) is 52.7 Å². The van der Waals surface area contributed by atoms with Gasteiger partial charge in [0.15, 0.2) is 45.1 Å². The van der Waals surface area contributed by atoms with Crippen molar-refractivity contribution in [2.75, 3.05) is 81.5 Å². The lowest BCUT2D eigenvalue weighted by atomic mass is 10.2. The lowest BCUT2D eigenvalue weighted by Crippen LogP contribution is -2.49. The number of imidazole rings is 3. The summed E-state index contributed by atoms with van der Waals surface area (Å²) in [5.41, 5.74) is 3.34. The molecule has 0 aliphatic heterocycles.